The molecule has 0 aromatic heterocycles. The minimum atomic E-state index is -4.35. The van der Waals surface area contributed by atoms with Crippen molar-refractivity contribution in [1.82, 2.24) is 0 Å². The average Bonchev–Trinajstić information content (AvgIpc) is 2.45. The van der Waals surface area contributed by atoms with Gasteiger partial charge in [0.05, 0.1) is 12.2 Å². The quantitative estimate of drug-likeness (QED) is 0.776. The molecule has 6 heteroatoms. The normalized spacial score (nSPS) is 12.0. The van der Waals surface area contributed by atoms with Crippen molar-refractivity contribution in [3.8, 4) is 5.75 Å². The van der Waals surface area contributed by atoms with Crippen LogP contribution in [0.3, 0.4) is 0 Å². The Hall–Kier alpha value is -1.27. The first-order chi connectivity index (χ1) is 9.92. The summed E-state index contributed by atoms with van der Waals surface area (Å²) in [5.41, 5.74) is 11.1. The minimum absolute atomic E-state index is 0.110. The zero-order valence-corrected chi connectivity index (χ0v) is 12.2. The van der Waals surface area contributed by atoms with Gasteiger partial charge in [-0.2, -0.15) is 13.2 Å². The lowest BCUT2D eigenvalue weighted by Crippen LogP contribution is -2.23. The van der Waals surface area contributed by atoms with Crippen LogP contribution in [0.4, 0.5) is 13.2 Å². The van der Waals surface area contributed by atoms with Gasteiger partial charge in [0, 0.05) is 0 Å². The summed E-state index contributed by atoms with van der Waals surface area (Å²) < 4.78 is 43.9. The number of hydrogen-bond acceptors (Lipinski definition) is 3. The number of rotatable bonds is 8. The smallest absolute Gasteiger partial charge is 0.416 e. The molecule has 0 atom stereocenters. The lowest BCUT2D eigenvalue weighted by molar-refractivity contribution is -0.137. The Kier molecular flexibility index (Phi) is 6.98. The molecule has 0 saturated carbocycles. The Bertz CT molecular complexity index is 431. The number of aryl methyl sites for hydroxylation is 1. The molecule has 0 aliphatic heterocycles. The van der Waals surface area contributed by atoms with E-state index in [1.165, 1.54) is 6.07 Å². The highest BCUT2D eigenvalue weighted by atomic mass is 19.4. The molecule has 0 aliphatic carbocycles. The highest BCUT2D eigenvalue weighted by molar-refractivity contribution is 5.38. The maximum atomic E-state index is 12.8. The van der Waals surface area contributed by atoms with Crippen LogP contribution in [0.25, 0.3) is 0 Å². The Morgan fingerprint density at radius 1 is 1.19 bits per heavy atom. The van der Waals surface area contributed by atoms with E-state index < -0.39 is 11.7 Å². The molecular weight excluding hydrogens is 281 g/mol. The van der Waals surface area contributed by atoms with E-state index in [4.69, 9.17) is 16.2 Å². The van der Waals surface area contributed by atoms with Crippen molar-refractivity contribution in [3.05, 3.63) is 29.3 Å². The Morgan fingerprint density at radius 2 is 1.86 bits per heavy atom. The van der Waals surface area contributed by atoms with E-state index in [1.54, 1.807) is 0 Å². The summed E-state index contributed by atoms with van der Waals surface area (Å²) in [6.07, 6.45) is -2.42. The third kappa shape index (κ3) is 5.55. The number of ether oxygens (including phenoxy) is 1. The summed E-state index contributed by atoms with van der Waals surface area (Å²) >= 11 is 0. The summed E-state index contributed by atoms with van der Waals surface area (Å²) in [4.78, 5) is 0. The van der Waals surface area contributed by atoms with Gasteiger partial charge < -0.3 is 16.2 Å². The fraction of sp³-hybridized carbons (Fsp3) is 0.600. The van der Waals surface area contributed by atoms with Gasteiger partial charge in [-0.25, -0.2) is 0 Å². The summed E-state index contributed by atoms with van der Waals surface area (Å²) in [7, 11) is 0. The maximum Gasteiger partial charge on any atom is 0.416 e. The van der Waals surface area contributed by atoms with Gasteiger partial charge in [0.1, 0.15) is 5.75 Å². The van der Waals surface area contributed by atoms with Crippen molar-refractivity contribution in [2.24, 2.45) is 17.4 Å². The van der Waals surface area contributed by atoms with Gasteiger partial charge in [0.2, 0.25) is 0 Å². The van der Waals surface area contributed by atoms with Crippen LogP contribution in [0.1, 0.15) is 30.9 Å². The SMILES string of the molecule is CCCOc1ccc(C(F)(F)F)cc1CCC(CN)CN. The molecular formula is C15H23F3N2O. The summed E-state index contributed by atoms with van der Waals surface area (Å²) in [5, 5.41) is 0. The molecule has 1 aromatic rings. The van der Waals surface area contributed by atoms with E-state index in [0.29, 0.717) is 43.9 Å². The van der Waals surface area contributed by atoms with Crippen LogP contribution in [-0.2, 0) is 12.6 Å². The second kappa shape index (κ2) is 8.24. The van der Waals surface area contributed by atoms with E-state index in [0.717, 1.165) is 18.6 Å². The van der Waals surface area contributed by atoms with Crippen LogP contribution in [0.15, 0.2) is 18.2 Å². The fourth-order valence-electron chi connectivity index (χ4n) is 2.00. The van der Waals surface area contributed by atoms with Gasteiger partial charge in [0.25, 0.3) is 0 Å². The standard InChI is InChI=1S/C15H23F3N2O/c1-2-7-21-14-6-5-13(15(16,17)18)8-12(14)4-3-11(9-19)10-20/h5-6,8,11H,2-4,7,9-10,19-20H2,1H3. The molecule has 3 nitrogen and oxygen atoms in total. The van der Waals surface area contributed by atoms with Crippen LogP contribution < -0.4 is 16.2 Å². The number of alkyl halides is 3. The van der Waals surface area contributed by atoms with Crippen LogP contribution in [0.2, 0.25) is 0 Å². The van der Waals surface area contributed by atoms with Gasteiger partial charge in [-0.05, 0) is 62.0 Å². The summed E-state index contributed by atoms with van der Waals surface area (Å²) in [5.74, 6) is 0.621. The molecule has 0 heterocycles. The zero-order valence-electron chi connectivity index (χ0n) is 12.2. The van der Waals surface area contributed by atoms with E-state index in [-0.39, 0.29) is 5.92 Å². The second-order valence-corrected chi connectivity index (χ2v) is 5.04. The van der Waals surface area contributed by atoms with Crippen molar-refractivity contribution >= 4 is 0 Å². The highest BCUT2D eigenvalue weighted by Crippen LogP contribution is 2.33. The van der Waals surface area contributed by atoms with Crippen molar-refractivity contribution < 1.29 is 17.9 Å². The molecule has 0 amide bonds. The summed E-state index contributed by atoms with van der Waals surface area (Å²) in [6, 6.07) is 3.61. The van der Waals surface area contributed by atoms with Crippen LogP contribution in [-0.4, -0.2) is 19.7 Å². The van der Waals surface area contributed by atoms with Crippen LogP contribution in [0, 0.1) is 5.92 Å². The van der Waals surface area contributed by atoms with Gasteiger partial charge in [-0.3, -0.25) is 0 Å². The number of benzene rings is 1. The third-order valence-electron chi connectivity index (χ3n) is 3.34. The highest BCUT2D eigenvalue weighted by Gasteiger charge is 2.31. The molecule has 0 bridgehead atoms. The third-order valence-corrected chi connectivity index (χ3v) is 3.34. The molecule has 0 fully saturated rings. The minimum Gasteiger partial charge on any atom is -0.493 e. The molecule has 4 N–H and O–H groups in total. The first-order valence-electron chi connectivity index (χ1n) is 7.15. The molecule has 0 radical (unpaired) electrons. The Labute approximate surface area is 123 Å². The molecule has 120 valence electrons. The second-order valence-electron chi connectivity index (χ2n) is 5.04. The molecule has 21 heavy (non-hydrogen) atoms. The van der Waals surface area contributed by atoms with Gasteiger partial charge in [0.15, 0.2) is 0 Å². The van der Waals surface area contributed by atoms with Crippen molar-refractivity contribution in [3.63, 3.8) is 0 Å². The topological polar surface area (TPSA) is 61.3 Å². The predicted octanol–water partition coefficient (Wildman–Crippen LogP) is 2.96. The monoisotopic (exact) mass is 304 g/mol. The largest absolute Gasteiger partial charge is 0.493 e. The number of halogens is 3. The number of hydrogen-bond donors (Lipinski definition) is 2. The molecule has 0 aliphatic rings. The van der Waals surface area contributed by atoms with Crippen molar-refractivity contribution in [2.75, 3.05) is 19.7 Å². The molecule has 1 rings (SSSR count). The average molecular weight is 304 g/mol. The van der Waals surface area contributed by atoms with E-state index >= 15 is 0 Å². The van der Waals surface area contributed by atoms with Crippen molar-refractivity contribution in [2.45, 2.75) is 32.4 Å². The molecule has 0 spiro atoms. The van der Waals surface area contributed by atoms with Gasteiger partial charge >= 0.3 is 6.18 Å². The van der Waals surface area contributed by atoms with Crippen LogP contribution >= 0.6 is 0 Å². The zero-order chi connectivity index (χ0) is 15.9. The lowest BCUT2D eigenvalue weighted by atomic mass is 9.97. The van der Waals surface area contributed by atoms with E-state index in [9.17, 15) is 13.2 Å². The molecule has 1 aromatic carbocycles. The van der Waals surface area contributed by atoms with E-state index in [1.807, 2.05) is 6.92 Å². The van der Waals surface area contributed by atoms with Crippen LogP contribution in [0.5, 0.6) is 5.75 Å². The fourth-order valence-corrected chi connectivity index (χ4v) is 2.00. The first-order valence-corrected chi connectivity index (χ1v) is 7.15. The molecule has 0 unspecified atom stereocenters. The Morgan fingerprint density at radius 3 is 2.38 bits per heavy atom. The lowest BCUT2D eigenvalue weighted by Gasteiger charge is -2.16. The first kappa shape index (κ1) is 17.8. The van der Waals surface area contributed by atoms with Gasteiger partial charge in [-0.15, -0.1) is 0 Å². The van der Waals surface area contributed by atoms with Gasteiger partial charge in [-0.1, -0.05) is 6.92 Å². The van der Waals surface area contributed by atoms with Crippen molar-refractivity contribution in [1.29, 1.82) is 0 Å². The van der Waals surface area contributed by atoms with E-state index in [2.05, 4.69) is 0 Å². The molecule has 0 saturated heterocycles. The predicted molar refractivity (Wildman–Crippen MR) is 77.1 cm³/mol. The maximum absolute atomic E-state index is 12.8. The Balaban J connectivity index is 2.93. The summed E-state index contributed by atoms with van der Waals surface area (Å²) in [6.45, 7) is 3.29. The number of nitrogens with two attached hydrogens (primary N) is 2.